The molecule has 11 heteroatoms. The highest BCUT2D eigenvalue weighted by Gasteiger charge is 2.18. The molecule has 0 amide bonds. The number of sulfone groups is 1. The average Bonchev–Trinajstić information content (AvgIpc) is 2.54. The number of non-ortho nitro benzene ring substituents is 1. The molecule has 0 saturated heterocycles. The molecule has 0 aliphatic rings. The van der Waals surface area contributed by atoms with Gasteiger partial charge in [-0.3, -0.25) is 10.1 Å². The van der Waals surface area contributed by atoms with Gasteiger partial charge in [0.2, 0.25) is 15.8 Å². The van der Waals surface area contributed by atoms with Crippen molar-refractivity contribution in [2.24, 2.45) is 27.2 Å². The Morgan fingerprint density at radius 3 is 1.84 bits per heavy atom. The van der Waals surface area contributed by atoms with Crippen molar-refractivity contribution in [3.8, 4) is 0 Å². The number of hydrogen-bond acceptors (Lipinski definition) is 5. The molecule has 130 valence electrons. The normalized spacial score (nSPS) is 11.8. The van der Waals surface area contributed by atoms with Crippen LogP contribution in [0.15, 0.2) is 68.3 Å². The molecule has 0 spiro atoms. The van der Waals surface area contributed by atoms with E-state index in [4.69, 9.17) is 17.2 Å². The molecule has 0 bridgehead atoms. The van der Waals surface area contributed by atoms with Gasteiger partial charge in [-0.2, -0.15) is 4.99 Å². The van der Waals surface area contributed by atoms with Gasteiger partial charge in [0, 0.05) is 12.1 Å². The van der Waals surface area contributed by atoms with Crippen molar-refractivity contribution in [1.82, 2.24) is 0 Å². The number of nitro benzene ring substituents is 1. The zero-order valence-corrected chi connectivity index (χ0v) is 13.6. The maximum absolute atomic E-state index is 12.5. The average molecular weight is 362 g/mol. The van der Waals surface area contributed by atoms with Gasteiger partial charge in [-0.05, 0) is 36.4 Å². The lowest BCUT2D eigenvalue weighted by Gasteiger charge is -2.05. The number of nitrogens with two attached hydrogens (primary N) is 3. The van der Waals surface area contributed by atoms with Gasteiger partial charge in [0.25, 0.3) is 5.69 Å². The van der Waals surface area contributed by atoms with Crippen LogP contribution in [0, 0.1) is 10.1 Å². The topological polar surface area (TPSA) is 180 Å². The van der Waals surface area contributed by atoms with Crippen molar-refractivity contribution in [3.05, 3.63) is 58.6 Å². The van der Waals surface area contributed by atoms with E-state index in [0.29, 0.717) is 5.69 Å². The van der Waals surface area contributed by atoms with Gasteiger partial charge in [0.05, 0.1) is 20.4 Å². The fraction of sp³-hybridized carbons (Fsp3) is 0. The van der Waals surface area contributed by atoms with Crippen molar-refractivity contribution < 1.29 is 13.3 Å². The summed E-state index contributed by atoms with van der Waals surface area (Å²) < 4.78 is 25.0. The molecule has 0 aliphatic carbocycles. The smallest absolute Gasteiger partial charge is 0.269 e. The maximum Gasteiger partial charge on any atom is 0.269 e. The van der Waals surface area contributed by atoms with Gasteiger partial charge in [-0.1, -0.05) is 0 Å². The third kappa shape index (κ3) is 4.29. The van der Waals surface area contributed by atoms with E-state index in [1.54, 1.807) is 0 Å². The van der Waals surface area contributed by atoms with E-state index in [1.807, 2.05) is 0 Å². The van der Waals surface area contributed by atoms with Crippen LogP contribution in [0.1, 0.15) is 0 Å². The Balaban J connectivity index is 2.31. The predicted octanol–water partition coefficient (Wildman–Crippen LogP) is 0.647. The molecule has 2 rings (SSSR count). The first-order valence-electron chi connectivity index (χ1n) is 6.73. The molecule has 0 heterocycles. The van der Waals surface area contributed by atoms with Crippen LogP contribution in [0.4, 0.5) is 11.4 Å². The summed E-state index contributed by atoms with van der Waals surface area (Å²) >= 11 is 0. The monoisotopic (exact) mass is 362 g/mol. The molecule has 0 saturated carbocycles. The quantitative estimate of drug-likeness (QED) is 0.309. The van der Waals surface area contributed by atoms with Crippen molar-refractivity contribution in [3.63, 3.8) is 0 Å². The molecule has 10 nitrogen and oxygen atoms in total. The lowest BCUT2D eigenvalue weighted by Crippen LogP contribution is -2.26. The summed E-state index contributed by atoms with van der Waals surface area (Å²) in [4.78, 5) is 17.4. The van der Waals surface area contributed by atoms with E-state index >= 15 is 0 Å². The van der Waals surface area contributed by atoms with Gasteiger partial charge in [-0.25, -0.2) is 13.4 Å². The van der Waals surface area contributed by atoms with Gasteiger partial charge in [0.15, 0.2) is 5.96 Å². The third-order valence-electron chi connectivity index (χ3n) is 2.99. The summed E-state index contributed by atoms with van der Waals surface area (Å²) in [5.41, 5.74) is 16.0. The van der Waals surface area contributed by atoms with Crippen LogP contribution in [-0.2, 0) is 9.84 Å². The van der Waals surface area contributed by atoms with E-state index < -0.39 is 14.8 Å². The summed E-state index contributed by atoms with van der Waals surface area (Å²) in [5, 5.41) is 10.6. The predicted molar refractivity (Wildman–Crippen MR) is 92.1 cm³/mol. The van der Waals surface area contributed by atoms with Crippen molar-refractivity contribution in [1.29, 1.82) is 0 Å². The van der Waals surface area contributed by atoms with Gasteiger partial charge < -0.3 is 17.2 Å². The highest BCUT2D eigenvalue weighted by molar-refractivity contribution is 7.91. The van der Waals surface area contributed by atoms with Crippen molar-refractivity contribution in [2.75, 3.05) is 0 Å². The Kier molecular flexibility index (Phi) is 4.98. The molecule has 0 radical (unpaired) electrons. The molecule has 25 heavy (non-hydrogen) atoms. The fourth-order valence-electron chi connectivity index (χ4n) is 1.87. The summed E-state index contributed by atoms with van der Waals surface area (Å²) in [6, 6.07) is 10.1. The second-order valence-electron chi connectivity index (χ2n) is 4.76. The standard InChI is InChI=1S/C14H14N6O4S/c15-13(16)19-14(17)18-9-1-5-11(6-2-9)25(23,24)12-7-3-10(4-8-12)20(21)22/h1-8H,(H6,15,16,17,18,19). The number of rotatable bonds is 4. The molecule has 0 unspecified atom stereocenters. The van der Waals surface area contributed by atoms with Crippen LogP contribution in [-0.4, -0.2) is 25.3 Å². The van der Waals surface area contributed by atoms with Crippen LogP contribution < -0.4 is 17.2 Å². The molecule has 0 fully saturated rings. The van der Waals surface area contributed by atoms with Crippen LogP contribution in [0.5, 0.6) is 0 Å². The molecule has 2 aromatic rings. The molecule has 2 aromatic carbocycles. The van der Waals surface area contributed by atoms with E-state index in [-0.39, 0.29) is 27.4 Å². The zero-order valence-electron chi connectivity index (χ0n) is 12.7. The zero-order chi connectivity index (χ0) is 18.6. The molecular weight excluding hydrogens is 348 g/mol. The number of nitro groups is 1. The van der Waals surface area contributed by atoms with E-state index in [0.717, 1.165) is 12.1 Å². The Morgan fingerprint density at radius 1 is 0.920 bits per heavy atom. The maximum atomic E-state index is 12.5. The second-order valence-corrected chi connectivity index (χ2v) is 6.70. The van der Waals surface area contributed by atoms with Gasteiger partial charge in [-0.15, -0.1) is 0 Å². The minimum absolute atomic E-state index is 0.000662. The summed E-state index contributed by atoms with van der Waals surface area (Å²) in [6.07, 6.45) is 0. The van der Waals surface area contributed by atoms with Gasteiger partial charge >= 0.3 is 0 Å². The number of aliphatic imine (C=N–C) groups is 2. The van der Waals surface area contributed by atoms with Crippen molar-refractivity contribution >= 4 is 33.1 Å². The Morgan fingerprint density at radius 2 is 1.40 bits per heavy atom. The van der Waals surface area contributed by atoms with E-state index in [9.17, 15) is 18.5 Å². The highest BCUT2D eigenvalue weighted by atomic mass is 32.2. The highest BCUT2D eigenvalue weighted by Crippen LogP contribution is 2.24. The SMILES string of the molecule is NC(N)=NC(N)=Nc1ccc(S(=O)(=O)c2ccc([N+](=O)[O-])cc2)cc1. The Bertz CT molecular complexity index is 946. The lowest BCUT2D eigenvalue weighted by atomic mass is 10.3. The molecule has 0 atom stereocenters. The summed E-state index contributed by atoms with van der Waals surface area (Å²) in [6.45, 7) is 0. The first kappa shape index (κ1) is 17.9. The third-order valence-corrected chi connectivity index (χ3v) is 4.78. The van der Waals surface area contributed by atoms with Crippen LogP contribution >= 0.6 is 0 Å². The number of benzene rings is 2. The van der Waals surface area contributed by atoms with E-state index in [2.05, 4.69) is 9.98 Å². The number of nitrogens with zero attached hydrogens (tertiary/aromatic N) is 3. The van der Waals surface area contributed by atoms with E-state index in [1.165, 1.54) is 36.4 Å². The first-order chi connectivity index (χ1) is 11.7. The van der Waals surface area contributed by atoms with Crippen LogP contribution in [0.2, 0.25) is 0 Å². The number of hydrogen-bond donors (Lipinski definition) is 3. The lowest BCUT2D eigenvalue weighted by molar-refractivity contribution is -0.384. The minimum Gasteiger partial charge on any atom is -0.370 e. The van der Waals surface area contributed by atoms with Crippen LogP contribution in [0.3, 0.4) is 0 Å². The largest absolute Gasteiger partial charge is 0.370 e. The Labute approximate surface area is 142 Å². The summed E-state index contributed by atoms with van der Waals surface area (Å²) in [5.74, 6) is -0.426. The summed E-state index contributed by atoms with van der Waals surface area (Å²) in [7, 11) is -3.82. The molecule has 0 aliphatic heterocycles. The molecule has 0 aromatic heterocycles. The Hall–Kier alpha value is -3.47. The van der Waals surface area contributed by atoms with Crippen LogP contribution in [0.25, 0.3) is 0 Å². The second kappa shape index (κ2) is 6.97. The molecular formula is C14H14N6O4S. The minimum atomic E-state index is -3.82. The molecule has 6 N–H and O–H groups in total. The van der Waals surface area contributed by atoms with Gasteiger partial charge in [0.1, 0.15) is 0 Å². The number of guanidine groups is 2. The first-order valence-corrected chi connectivity index (χ1v) is 8.22. The fourth-order valence-corrected chi connectivity index (χ4v) is 3.13. The van der Waals surface area contributed by atoms with Crippen molar-refractivity contribution in [2.45, 2.75) is 9.79 Å².